The molecule has 0 bridgehead atoms. The van der Waals surface area contributed by atoms with Crippen molar-refractivity contribution in [2.24, 2.45) is 5.92 Å². The van der Waals surface area contributed by atoms with Crippen molar-refractivity contribution >= 4 is 17.1 Å². The van der Waals surface area contributed by atoms with Crippen molar-refractivity contribution in [1.82, 2.24) is 9.88 Å². The lowest BCUT2D eigenvalue weighted by Crippen LogP contribution is -2.36. The van der Waals surface area contributed by atoms with Gasteiger partial charge in [0.15, 0.2) is 17.3 Å². The second-order valence-corrected chi connectivity index (χ2v) is 8.49. The van der Waals surface area contributed by atoms with E-state index in [1.807, 2.05) is 18.2 Å². The molecule has 0 N–H and O–H groups in total. The predicted molar refractivity (Wildman–Crippen MR) is 106 cm³/mol. The van der Waals surface area contributed by atoms with Gasteiger partial charge in [0.2, 0.25) is 0 Å². The number of carbonyl (C=O) groups excluding carboxylic acids is 1. The van der Waals surface area contributed by atoms with Gasteiger partial charge in [-0.05, 0) is 44.1 Å². The van der Waals surface area contributed by atoms with Gasteiger partial charge in [-0.25, -0.2) is 4.98 Å². The Morgan fingerprint density at radius 1 is 1.22 bits per heavy atom. The minimum atomic E-state index is 0.0884. The summed E-state index contributed by atoms with van der Waals surface area (Å²) in [5.74, 6) is 2.22. The van der Waals surface area contributed by atoms with E-state index in [2.05, 4.69) is 24.1 Å². The standard InChI is InChI=1S/C21H26N2O3S/c1-14(2)21-22-17(13-27-21)12-23-7-5-15(6-8-23)20(24)16-3-4-18-19(11-16)26-10-9-25-18/h3-4,11,13-15H,5-10,12H2,1-2H3. The van der Waals surface area contributed by atoms with E-state index in [9.17, 15) is 4.79 Å². The highest BCUT2D eigenvalue weighted by atomic mass is 32.1. The molecule has 5 nitrogen and oxygen atoms in total. The number of ether oxygens (including phenoxy) is 2. The fourth-order valence-electron chi connectivity index (χ4n) is 3.68. The van der Waals surface area contributed by atoms with E-state index in [1.165, 1.54) is 5.01 Å². The molecule has 0 unspecified atom stereocenters. The number of fused-ring (bicyclic) bond motifs is 1. The Balaban J connectivity index is 1.34. The molecule has 3 heterocycles. The zero-order chi connectivity index (χ0) is 18.8. The summed E-state index contributed by atoms with van der Waals surface area (Å²) >= 11 is 1.75. The first kappa shape index (κ1) is 18.4. The van der Waals surface area contributed by atoms with Crippen molar-refractivity contribution < 1.29 is 14.3 Å². The van der Waals surface area contributed by atoms with E-state index in [-0.39, 0.29) is 11.7 Å². The maximum Gasteiger partial charge on any atom is 0.166 e. The first-order valence-corrected chi connectivity index (χ1v) is 10.6. The van der Waals surface area contributed by atoms with Crippen molar-refractivity contribution in [3.8, 4) is 11.5 Å². The van der Waals surface area contributed by atoms with Gasteiger partial charge in [0.25, 0.3) is 0 Å². The van der Waals surface area contributed by atoms with Crippen molar-refractivity contribution in [2.45, 2.75) is 39.2 Å². The van der Waals surface area contributed by atoms with Gasteiger partial charge in [-0.15, -0.1) is 11.3 Å². The van der Waals surface area contributed by atoms with E-state index in [0.717, 1.165) is 49.5 Å². The average Bonchev–Trinajstić information content (AvgIpc) is 3.16. The first-order chi connectivity index (χ1) is 13.1. The molecule has 1 fully saturated rings. The third kappa shape index (κ3) is 4.17. The van der Waals surface area contributed by atoms with Crippen LogP contribution in [0.15, 0.2) is 23.6 Å². The number of likely N-dealkylation sites (tertiary alicyclic amines) is 1. The van der Waals surface area contributed by atoms with Crippen molar-refractivity contribution in [3.63, 3.8) is 0 Å². The van der Waals surface area contributed by atoms with E-state index in [4.69, 9.17) is 14.5 Å². The molecule has 2 aliphatic rings. The number of rotatable bonds is 5. The molecule has 2 aromatic rings. The van der Waals surface area contributed by atoms with Crippen LogP contribution in [0.2, 0.25) is 0 Å². The molecule has 1 saturated heterocycles. The number of carbonyl (C=O) groups is 1. The van der Waals surface area contributed by atoms with Crippen LogP contribution < -0.4 is 9.47 Å². The van der Waals surface area contributed by atoms with E-state index < -0.39 is 0 Å². The van der Waals surface area contributed by atoms with Gasteiger partial charge in [0.1, 0.15) is 13.2 Å². The van der Waals surface area contributed by atoms with Crippen LogP contribution in [-0.4, -0.2) is 42.0 Å². The fraction of sp³-hybridized carbons (Fsp3) is 0.524. The lowest BCUT2D eigenvalue weighted by molar-refractivity contribution is 0.0833. The first-order valence-electron chi connectivity index (χ1n) is 9.70. The molecule has 6 heteroatoms. The average molecular weight is 387 g/mol. The fourth-order valence-corrected chi connectivity index (χ4v) is 4.50. The molecular formula is C21H26N2O3S. The molecule has 1 aromatic heterocycles. The van der Waals surface area contributed by atoms with Crippen LogP contribution in [0.4, 0.5) is 0 Å². The largest absolute Gasteiger partial charge is 0.486 e. The minimum absolute atomic E-state index is 0.0884. The molecular weight excluding hydrogens is 360 g/mol. The van der Waals surface area contributed by atoms with Gasteiger partial charge in [-0.3, -0.25) is 9.69 Å². The molecule has 2 aliphatic heterocycles. The molecule has 1 aromatic carbocycles. The van der Waals surface area contributed by atoms with Crippen molar-refractivity contribution in [1.29, 1.82) is 0 Å². The summed E-state index contributed by atoms with van der Waals surface area (Å²) in [4.78, 5) is 20.0. The highest BCUT2D eigenvalue weighted by Crippen LogP contribution is 2.32. The van der Waals surface area contributed by atoms with Crippen LogP contribution in [0, 0.1) is 5.92 Å². The smallest absolute Gasteiger partial charge is 0.166 e. The van der Waals surface area contributed by atoms with Gasteiger partial charge in [0.05, 0.1) is 10.7 Å². The molecule has 0 amide bonds. The molecule has 144 valence electrons. The maximum atomic E-state index is 12.9. The number of nitrogens with zero attached hydrogens (tertiary/aromatic N) is 2. The molecule has 4 rings (SSSR count). The summed E-state index contributed by atoms with van der Waals surface area (Å²) in [6.07, 6.45) is 1.79. The van der Waals surface area contributed by atoms with E-state index >= 15 is 0 Å². The molecule has 0 spiro atoms. The van der Waals surface area contributed by atoms with Crippen LogP contribution in [0.1, 0.15) is 53.7 Å². The Morgan fingerprint density at radius 3 is 2.67 bits per heavy atom. The van der Waals surface area contributed by atoms with Gasteiger partial charge in [-0.2, -0.15) is 0 Å². The lowest BCUT2D eigenvalue weighted by Gasteiger charge is -2.31. The predicted octanol–water partition coefficient (Wildman–Crippen LogP) is 4.13. The summed E-state index contributed by atoms with van der Waals surface area (Å²) in [6, 6.07) is 5.56. The summed E-state index contributed by atoms with van der Waals surface area (Å²) in [5.41, 5.74) is 1.89. The molecule has 0 radical (unpaired) electrons. The molecule has 27 heavy (non-hydrogen) atoms. The van der Waals surface area contributed by atoms with Gasteiger partial charge < -0.3 is 9.47 Å². The number of thiazole rings is 1. The van der Waals surface area contributed by atoms with Crippen LogP contribution in [0.5, 0.6) is 11.5 Å². The topological polar surface area (TPSA) is 51.7 Å². The normalized spacial score (nSPS) is 18.0. The zero-order valence-corrected chi connectivity index (χ0v) is 16.8. The SMILES string of the molecule is CC(C)c1nc(CN2CCC(C(=O)c3ccc4c(c3)OCCO4)CC2)cs1. The van der Waals surface area contributed by atoms with E-state index in [0.29, 0.717) is 24.9 Å². The second-order valence-electron chi connectivity index (χ2n) is 7.60. The summed E-state index contributed by atoms with van der Waals surface area (Å²) in [7, 11) is 0. The molecule has 0 aliphatic carbocycles. The number of ketones is 1. The maximum absolute atomic E-state index is 12.9. The monoisotopic (exact) mass is 386 g/mol. The third-order valence-corrected chi connectivity index (χ3v) is 6.43. The van der Waals surface area contributed by atoms with Crippen LogP contribution in [-0.2, 0) is 6.54 Å². The summed E-state index contributed by atoms with van der Waals surface area (Å²) in [5, 5.41) is 3.37. The molecule has 0 saturated carbocycles. The highest BCUT2D eigenvalue weighted by molar-refractivity contribution is 7.09. The van der Waals surface area contributed by atoms with Crippen molar-refractivity contribution in [2.75, 3.05) is 26.3 Å². The Bertz CT molecular complexity index is 810. The van der Waals surface area contributed by atoms with Crippen LogP contribution >= 0.6 is 11.3 Å². The Labute approximate surface area is 164 Å². The van der Waals surface area contributed by atoms with Crippen LogP contribution in [0.3, 0.4) is 0 Å². The van der Waals surface area contributed by atoms with Gasteiger partial charge in [-0.1, -0.05) is 13.8 Å². The second kappa shape index (κ2) is 7.98. The van der Waals surface area contributed by atoms with Gasteiger partial charge >= 0.3 is 0 Å². The summed E-state index contributed by atoms with van der Waals surface area (Å²) < 4.78 is 11.2. The Kier molecular flexibility index (Phi) is 5.45. The summed E-state index contributed by atoms with van der Waals surface area (Å²) in [6.45, 7) is 8.23. The lowest BCUT2D eigenvalue weighted by atomic mass is 9.88. The minimum Gasteiger partial charge on any atom is -0.486 e. The quantitative estimate of drug-likeness (QED) is 0.723. The number of Topliss-reactive ketones (excluding diaryl/α,β-unsaturated/α-hetero) is 1. The molecule has 0 atom stereocenters. The number of hydrogen-bond donors (Lipinski definition) is 0. The third-order valence-electron chi connectivity index (χ3n) is 5.23. The van der Waals surface area contributed by atoms with Crippen molar-refractivity contribution in [3.05, 3.63) is 39.8 Å². The van der Waals surface area contributed by atoms with Gasteiger partial charge in [0, 0.05) is 29.3 Å². The zero-order valence-electron chi connectivity index (χ0n) is 15.9. The Morgan fingerprint density at radius 2 is 1.96 bits per heavy atom. The number of benzene rings is 1. The van der Waals surface area contributed by atoms with E-state index in [1.54, 1.807) is 11.3 Å². The Hall–Kier alpha value is -1.92. The number of piperidine rings is 1. The number of hydrogen-bond acceptors (Lipinski definition) is 6. The number of aromatic nitrogens is 1. The van der Waals surface area contributed by atoms with Crippen LogP contribution in [0.25, 0.3) is 0 Å². The highest BCUT2D eigenvalue weighted by Gasteiger charge is 2.27.